The molecule has 3 aromatic carbocycles. The van der Waals surface area contributed by atoms with Crippen LogP contribution >= 0.6 is 11.8 Å². The van der Waals surface area contributed by atoms with Gasteiger partial charge in [0.25, 0.3) is 0 Å². The van der Waals surface area contributed by atoms with Crippen molar-refractivity contribution in [1.82, 2.24) is 0 Å². The highest BCUT2D eigenvalue weighted by Gasteiger charge is 2.25. The first-order valence-electron chi connectivity index (χ1n) is 13.6. The molecule has 0 saturated carbocycles. The molecule has 4 nitrogen and oxygen atoms in total. The van der Waals surface area contributed by atoms with E-state index in [1.54, 1.807) is 11.8 Å². The Morgan fingerprint density at radius 3 is 2.18 bits per heavy atom. The molecule has 0 saturated heterocycles. The van der Waals surface area contributed by atoms with E-state index in [-0.39, 0.29) is 11.9 Å². The quantitative estimate of drug-likeness (QED) is 0.194. The summed E-state index contributed by atoms with van der Waals surface area (Å²) in [5, 5.41) is 0. The lowest BCUT2D eigenvalue weighted by Crippen LogP contribution is -2.10. The Morgan fingerprint density at radius 1 is 0.895 bits per heavy atom. The summed E-state index contributed by atoms with van der Waals surface area (Å²) < 4.78 is 10.1. The lowest BCUT2D eigenvalue weighted by Gasteiger charge is -2.16. The van der Waals surface area contributed by atoms with Gasteiger partial charge in [-0.2, -0.15) is 0 Å². The van der Waals surface area contributed by atoms with Crippen LogP contribution in [0.5, 0.6) is 0 Å². The van der Waals surface area contributed by atoms with Crippen LogP contribution in [0.4, 0.5) is 0 Å². The van der Waals surface area contributed by atoms with Gasteiger partial charge in [0.15, 0.2) is 0 Å². The van der Waals surface area contributed by atoms with Crippen LogP contribution in [0.25, 0.3) is 0 Å². The van der Waals surface area contributed by atoms with Crippen LogP contribution in [0.3, 0.4) is 0 Å². The van der Waals surface area contributed by atoms with Gasteiger partial charge in [-0.3, -0.25) is 0 Å². The maximum atomic E-state index is 12.3. The highest BCUT2D eigenvalue weighted by Crippen LogP contribution is 2.30. The lowest BCUT2D eigenvalue weighted by atomic mass is 9.94. The summed E-state index contributed by atoms with van der Waals surface area (Å²) in [6, 6.07) is 18.7. The average Bonchev–Trinajstić information content (AvgIpc) is 3.34. The van der Waals surface area contributed by atoms with E-state index < -0.39 is 0 Å². The number of fused-ring (bicyclic) bond motifs is 1. The zero-order valence-corrected chi connectivity index (χ0v) is 24.2. The molecule has 0 N–H and O–H groups in total. The Hall–Kier alpha value is -3.05. The van der Waals surface area contributed by atoms with E-state index in [9.17, 15) is 9.59 Å². The Labute approximate surface area is 232 Å². The Kier molecular flexibility index (Phi) is 11.5. The standard InChI is InChI=1S/C20H24O2S.C13H16O2/c1-4-5-9-16-13-12-15(2)19(20(21)22-3)18(16)14-23-17-10-7-6-8-11-17;1-3-4-5-10-7-6-9(2)12-11(10)8-15-13(12)14/h6-8,10-13H,4-5,9,14H2,1-3H3;6-7H,3-5,8H2,1-2H3. The second kappa shape index (κ2) is 14.8. The number of carbonyl (C=O) groups excluding carboxylic acids is 2. The van der Waals surface area contributed by atoms with E-state index in [1.807, 2.05) is 44.2 Å². The third-order valence-corrected chi connectivity index (χ3v) is 7.94. The van der Waals surface area contributed by atoms with Gasteiger partial charge in [-0.25, -0.2) is 9.59 Å². The largest absolute Gasteiger partial charge is 0.465 e. The molecule has 0 bridgehead atoms. The Morgan fingerprint density at radius 2 is 1.53 bits per heavy atom. The molecule has 4 rings (SSSR count). The minimum absolute atomic E-state index is 0.152. The van der Waals surface area contributed by atoms with Crippen LogP contribution in [0, 0.1) is 13.8 Å². The number of rotatable bonds is 10. The predicted molar refractivity (Wildman–Crippen MR) is 156 cm³/mol. The highest BCUT2D eigenvalue weighted by molar-refractivity contribution is 7.98. The first-order chi connectivity index (χ1) is 18.4. The average molecular weight is 533 g/mol. The predicted octanol–water partition coefficient (Wildman–Crippen LogP) is 8.42. The number of unbranched alkanes of at least 4 members (excludes halogenated alkanes) is 2. The topological polar surface area (TPSA) is 52.6 Å². The van der Waals surface area contributed by atoms with E-state index in [4.69, 9.17) is 9.47 Å². The number of benzene rings is 3. The van der Waals surface area contributed by atoms with Gasteiger partial charge in [-0.1, -0.05) is 69.2 Å². The van der Waals surface area contributed by atoms with E-state index in [2.05, 4.69) is 38.1 Å². The number of esters is 2. The molecule has 0 radical (unpaired) electrons. The summed E-state index contributed by atoms with van der Waals surface area (Å²) in [6.45, 7) is 8.78. The normalized spacial score (nSPS) is 11.9. The maximum absolute atomic E-state index is 12.3. The monoisotopic (exact) mass is 532 g/mol. The zero-order chi connectivity index (χ0) is 27.5. The van der Waals surface area contributed by atoms with E-state index >= 15 is 0 Å². The van der Waals surface area contributed by atoms with Crippen LogP contribution < -0.4 is 0 Å². The maximum Gasteiger partial charge on any atom is 0.339 e. The summed E-state index contributed by atoms with van der Waals surface area (Å²) in [4.78, 5) is 25.0. The van der Waals surface area contributed by atoms with Crippen LogP contribution in [0.15, 0.2) is 59.5 Å². The van der Waals surface area contributed by atoms with Gasteiger partial charge in [-0.05, 0) is 79.5 Å². The Bertz CT molecular complexity index is 1230. The molecule has 5 heteroatoms. The van der Waals surface area contributed by atoms with Gasteiger partial charge in [-0.15, -0.1) is 11.8 Å². The Balaban J connectivity index is 0.000000230. The molecule has 1 aliphatic heterocycles. The first kappa shape index (κ1) is 29.5. The molecule has 0 amide bonds. The van der Waals surface area contributed by atoms with Crippen molar-refractivity contribution in [2.45, 2.75) is 83.5 Å². The smallest absolute Gasteiger partial charge is 0.339 e. The van der Waals surface area contributed by atoms with Crippen LogP contribution in [0.1, 0.15) is 93.6 Å². The van der Waals surface area contributed by atoms with Gasteiger partial charge in [0.1, 0.15) is 6.61 Å². The number of hydrogen-bond donors (Lipinski definition) is 0. The zero-order valence-electron chi connectivity index (χ0n) is 23.4. The van der Waals surface area contributed by atoms with Crippen molar-refractivity contribution in [3.63, 3.8) is 0 Å². The van der Waals surface area contributed by atoms with Crippen molar-refractivity contribution >= 4 is 23.7 Å². The second-order valence-corrected chi connectivity index (χ2v) is 10.7. The molecular weight excluding hydrogens is 492 g/mol. The lowest BCUT2D eigenvalue weighted by molar-refractivity contribution is 0.0533. The molecule has 0 aliphatic carbocycles. The summed E-state index contributed by atoms with van der Waals surface area (Å²) in [5.74, 6) is 0.403. The minimum atomic E-state index is -0.232. The molecule has 38 heavy (non-hydrogen) atoms. The van der Waals surface area contributed by atoms with E-state index in [1.165, 1.54) is 36.0 Å². The van der Waals surface area contributed by atoms with Gasteiger partial charge >= 0.3 is 11.9 Å². The molecule has 202 valence electrons. The number of cyclic esters (lactones) is 1. The van der Waals surface area contributed by atoms with Gasteiger partial charge in [0.05, 0.1) is 18.2 Å². The fourth-order valence-corrected chi connectivity index (χ4v) is 5.69. The van der Waals surface area contributed by atoms with Crippen LogP contribution in [-0.4, -0.2) is 19.0 Å². The SMILES string of the molecule is CCCCc1ccc(C)c(C(=O)OC)c1CSc1ccccc1.CCCCc1ccc(C)c2c1COC2=O. The third-order valence-electron chi connectivity index (χ3n) is 6.90. The van der Waals surface area contributed by atoms with Crippen molar-refractivity contribution < 1.29 is 19.1 Å². The van der Waals surface area contributed by atoms with Gasteiger partial charge in [0, 0.05) is 16.2 Å². The van der Waals surface area contributed by atoms with Crippen molar-refractivity contribution in [1.29, 1.82) is 0 Å². The molecule has 1 heterocycles. The van der Waals surface area contributed by atoms with Crippen molar-refractivity contribution in [3.05, 3.63) is 99.1 Å². The van der Waals surface area contributed by atoms with Crippen molar-refractivity contribution in [3.8, 4) is 0 Å². The second-order valence-electron chi connectivity index (χ2n) is 9.67. The fraction of sp³-hybridized carbons (Fsp3) is 0.394. The summed E-state index contributed by atoms with van der Waals surface area (Å²) in [7, 11) is 1.45. The number of ether oxygens (including phenoxy) is 2. The molecule has 0 spiro atoms. The number of methoxy groups -OCH3 is 1. The van der Waals surface area contributed by atoms with Gasteiger partial charge in [0.2, 0.25) is 0 Å². The van der Waals surface area contributed by atoms with E-state index in [0.717, 1.165) is 64.8 Å². The molecule has 3 aromatic rings. The molecule has 0 aromatic heterocycles. The molecule has 0 fully saturated rings. The minimum Gasteiger partial charge on any atom is -0.465 e. The number of hydrogen-bond acceptors (Lipinski definition) is 5. The number of carbonyl (C=O) groups is 2. The molecular formula is C33H40O4S. The third kappa shape index (κ3) is 7.50. The molecule has 1 aliphatic rings. The summed E-state index contributed by atoms with van der Waals surface area (Å²) in [6.07, 6.45) is 6.68. The van der Waals surface area contributed by atoms with E-state index in [0.29, 0.717) is 6.61 Å². The summed E-state index contributed by atoms with van der Waals surface area (Å²) in [5.41, 5.74) is 8.36. The molecule has 0 atom stereocenters. The highest BCUT2D eigenvalue weighted by atomic mass is 32.2. The van der Waals surface area contributed by atoms with Crippen LogP contribution in [0.2, 0.25) is 0 Å². The van der Waals surface area contributed by atoms with Crippen molar-refractivity contribution in [2.75, 3.05) is 7.11 Å². The molecule has 0 unspecified atom stereocenters. The van der Waals surface area contributed by atoms with Crippen molar-refractivity contribution in [2.24, 2.45) is 0 Å². The van der Waals surface area contributed by atoms with Gasteiger partial charge < -0.3 is 9.47 Å². The van der Waals surface area contributed by atoms with Crippen LogP contribution in [-0.2, 0) is 34.7 Å². The number of thioether (sulfide) groups is 1. The summed E-state index contributed by atoms with van der Waals surface area (Å²) >= 11 is 1.76. The fourth-order valence-electron chi connectivity index (χ4n) is 4.70. The first-order valence-corrected chi connectivity index (χ1v) is 14.6. The number of aryl methyl sites for hydroxylation is 4.